The molecule has 1 aliphatic carbocycles. The van der Waals surface area contributed by atoms with E-state index in [0.717, 1.165) is 30.5 Å². The monoisotopic (exact) mass is 472 g/mol. The molecular formula is C20H23F3N4O4S. The van der Waals surface area contributed by atoms with Gasteiger partial charge in [-0.05, 0) is 42.9 Å². The molecule has 0 radical (unpaired) electrons. The first-order valence-electron chi connectivity index (χ1n) is 10.3. The smallest absolute Gasteiger partial charge is 0.447 e. The van der Waals surface area contributed by atoms with Gasteiger partial charge in [0.15, 0.2) is 9.73 Å². The van der Waals surface area contributed by atoms with Gasteiger partial charge in [-0.1, -0.05) is 12.1 Å². The lowest BCUT2D eigenvalue weighted by molar-refractivity contribution is -0.0827. The lowest BCUT2D eigenvalue weighted by Crippen LogP contribution is -2.74. The van der Waals surface area contributed by atoms with Gasteiger partial charge in [-0.25, -0.2) is 18.6 Å². The van der Waals surface area contributed by atoms with Crippen LogP contribution in [0.1, 0.15) is 18.4 Å². The zero-order valence-corrected chi connectivity index (χ0v) is 17.9. The first-order valence-corrected chi connectivity index (χ1v) is 11.9. The van der Waals surface area contributed by atoms with Gasteiger partial charge >= 0.3 is 17.6 Å². The molecule has 12 heteroatoms. The van der Waals surface area contributed by atoms with E-state index >= 15 is 0 Å². The normalized spacial score (nSPS) is 25.4. The summed E-state index contributed by atoms with van der Waals surface area (Å²) >= 11 is 0. The number of carbonyl (C=O) groups is 2. The Morgan fingerprint density at radius 2 is 1.75 bits per heavy atom. The Labute approximate surface area is 183 Å². The molecule has 2 spiro atoms. The predicted octanol–water partition coefficient (Wildman–Crippen LogP) is 2.78. The minimum absolute atomic E-state index is 0.0231. The van der Waals surface area contributed by atoms with E-state index in [4.69, 9.17) is 9.52 Å². The van der Waals surface area contributed by atoms with Crippen LogP contribution in [0, 0.1) is 16.1 Å². The lowest BCUT2D eigenvalue weighted by Gasteiger charge is -2.61. The second-order valence-corrected chi connectivity index (χ2v) is 11.6. The van der Waals surface area contributed by atoms with Crippen molar-refractivity contribution in [1.82, 2.24) is 15.1 Å². The minimum Gasteiger partial charge on any atom is -0.447 e. The van der Waals surface area contributed by atoms with Gasteiger partial charge in [-0.2, -0.15) is 13.2 Å². The van der Waals surface area contributed by atoms with Crippen LogP contribution in [0.15, 0.2) is 29.2 Å². The molecule has 174 valence electrons. The standard InChI is InChI=1S/C20H23F3N4O4S/c21-20(22,23)32(24,30)15-3-1-13(2-4-15)5-14-6-18(7-14)8-26(9-18)17(29)27-10-19(11-27)12-31-16(28)25-19/h1-4,14,24H,5-12H2,(H,25,28)/t32-/m1/s1. The van der Waals surface area contributed by atoms with Crippen LogP contribution >= 0.6 is 0 Å². The zero-order chi connectivity index (χ0) is 22.9. The molecule has 3 heterocycles. The summed E-state index contributed by atoms with van der Waals surface area (Å²) in [6.45, 7) is 2.59. The van der Waals surface area contributed by atoms with Crippen LogP contribution in [0.5, 0.6) is 0 Å². The fourth-order valence-corrected chi connectivity index (χ4v) is 6.22. The summed E-state index contributed by atoms with van der Waals surface area (Å²) in [4.78, 5) is 26.8. The number of carbonyl (C=O) groups excluding carboxylic acids is 2. The van der Waals surface area contributed by atoms with Crippen molar-refractivity contribution in [2.45, 2.75) is 35.2 Å². The number of hydrogen-bond acceptors (Lipinski definition) is 5. The molecule has 0 unspecified atom stereocenters. The van der Waals surface area contributed by atoms with E-state index in [1.165, 1.54) is 12.1 Å². The van der Waals surface area contributed by atoms with Gasteiger partial charge in [0.05, 0.1) is 18.0 Å². The maximum atomic E-state index is 12.8. The van der Waals surface area contributed by atoms with Crippen LogP contribution in [0.25, 0.3) is 0 Å². The summed E-state index contributed by atoms with van der Waals surface area (Å²) in [5.74, 6) is 0.388. The topological polar surface area (TPSA) is 103 Å². The van der Waals surface area contributed by atoms with E-state index in [2.05, 4.69) is 5.32 Å². The van der Waals surface area contributed by atoms with E-state index in [1.54, 1.807) is 4.90 Å². The average molecular weight is 472 g/mol. The summed E-state index contributed by atoms with van der Waals surface area (Å²) in [5, 5.41) is 2.76. The fraction of sp³-hybridized carbons (Fsp3) is 0.600. The van der Waals surface area contributed by atoms with Crippen molar-refractivity contribution < 1.29 is 31.7 Å². The molecule has 1 aromatic rings. The molecule has 4 aliphatic rings. The van der Waals surface area contributed by atoms with Crippen molar-refractivity contribution in [2.75, 3.05) is 32.8 Å². The van der Waals surface area contributed by atoms with E-state index in [0.29, 0.717) is 38.5 Å². The first-order chi connectivity index (χ1) is 14.9. The molecule has 0 bridgehead atoms. The van der Waals surface area contributed by atoms with E-state index < -0.39 is 31.8 Å². The van der Waals surface area contributed by atoms with Gasteiger partial charge in [-0.3, -0.25) is 0 Å². The minimum atomic E-state index is -5.09. The number of nitrogens with one attached hydrogen (secondary N) is 2. The summed E-state index contributed by atoms with van der Waals surface area (Å²) in [5.41, 5.74) is -4.54. The van der Waals surface area contributed by atoms with Gasteiger partial charge in [0.25, 0.3) is 0 Å². The Kier molecular flexibility index (Phi) is 4.50. The number of nitrogens with zero attached hydrogens (tertiary/aromatic N) is 2. The number of alkyl halides is 3. The van der Waals surface area contributed by atoms with Crippen LogP contribution in [0.2, 0.25) is 0 Å². The van der Waals surface area contributed by atoms with Crippen LogP contribution in [0.4, 0.5) is 22.8 Å². The van der Waals surface area contributed by atoms with Gasteiger partial charge < -0.3 is 19.9 Å². The molecule has 5 rings (SSSR count). The highest BCUT2D eigenvalue weighted by molar-refractivity contribution is 7.93. The van der Waals surface area contributed by atoms with Crippen LogP contribution < -0.4 is 5.32 Å². The van der Waals surface area contributed by atoms with Crippen molar-refractivity contribution in [3.63, 3.8) is 0 Å². The SMILES string of the molecule is N=[S@@](=O)(c1ccc(CC2CC3(C2)CN(C(=O)N2CC4(COC(=O)N4)C2)C3)cc1)C(F)(F)F. The molecule has 3 aliphatic heterocycles. The summed E-state index contributed by atoms with van der Waals surface area (Å²) in [6, 6.07) is 5.27. The second-order valence-electron chi connectivity index (χ2n) is 9.60. The Balaban J connectivity index is 1.08. The lowest BCUT2D eigenvalue weighted by atomic mass is 9.56. The Morgan fingerprint density at radius 3 is 2.28 bits per heavy atom. The van der Waals surface area contributed by atoms with Crippen molar-refractivity contribution in [2.24, 2.45) is 11.3 Å². The largest absolute Gasteiger partial charge is 0.483 e. The molecule has 3 saturated heterocycles. The zero-order valence-electron chi connectivity index (χ0n) is 17.1. The molecule has 8 nitrogen and oxygen atoms in total. The third-order valence-electron chi connectivity index (χ3n) is 6.98. The number of urea groups is 1. The van der Waals surface area contributed by atoms with Crippen molar-refractivity contribution >= 4 is 21.9 Å². The molecule has 1 saturated carbocycles. The summed E-state index contributed by atoms with van der Waals surface area (Å²) in [7, 11) is -4.82. The molecule has 1 atom stereocenters. The third kappa shape index (κ3) is 3.39. The van der Waals surface area contributed by atoms with Crippen LogP contribution in [-0.2, 0) is 20.9 Å². The molecule has 4 fully saturated rings. The number of rotatable bonds is 3. The van der Waals surface area contributed by atoms with E-state index in [1.807, 2.05) is 4.90 Å². The van der Waals surface area contributed by atoms with Crippen LogP contribution in [-0.4, -0.2) is 70.0 Å². The molecule has 2 N–H and O–H groups in total. The van der Waals surface area contributed by atoms with Gasteiger partial charge in [-0.15, -0.1) is 0 Å². The Hall–Kier alpha value is -2.50. The van der Waals surface area contributed by atoms with Crippen molar-refractivity contribution in [3.05, 3.63) is 29.8 Å². The van der Waals surface area contributed by atoms with Gasteiger partial charge in [0, 0.05) is 18.5 Å². The number of benzene rings is 1. The molecule has 3 amide bonds. The Bertz CT molecular complexity index is 1050. The van der Waals surface area contributed by atoms with Gasteiger partial charge in [0.1, 0.15) is 12.1 Å². The second kappa shape index (κ2) is 6.75. The number of likely N-dealkylation sites (tertiary alicyclic amines) is 2. The quantitative estimate of drug-likeness (QED) is 0.706. The number of ether oxygens (including phenoxy) is 1. The maximum absolute atomic E-state index is 12.8. The highest BCUT2D eigenvalue weighted by Crippen LogP contribution is 2.53. The van der Waals surface area contributed by atoms with Gasteiger partial charge in [0.2, 0.25) is 0 Å². The summed E-state index contributed by atoms with van der Waals surface area (Å²) < 4.78 is 62.1. The number of amides is 3. The maximum Gasteiger partial charge on any atom is 0.483 e. The molecule has 1 aromatic carbocycles. The number of alkyl carbamates (subject to hydrolysis) is 1. The molecule has 0 aromatic heterocycles. The van der Waals surface area contributed by atoms with Crippen molar-refractivity contribution in [3.8, 4) is 0 Å². The van der Waals surface area contributed by atoms with E-state index in [9.17, 15) is 27.0 Å². The number of hydrogen-bond donors (Lipinski definition) is 2. The predicted molar refractivity (Wildman–Crippen MR) is 106 cm³/mol. The Morgan fingerprint density at radius 1 is 1.16 bits per heavy atom. The fourth-order valence-electron chi connectivity index (χ4n) is 5.43. The van der Waals surface area contributed by atoms with Crippen LogP contribution in [0.3, 0.4) is 0 Å². The highest BCUT2D eigenvalue weighted by Gasteiger charge is 2.57. The first kappa shape index (κ1) is 21.4. The average Bonchev–Trinajstić information content (AvgIpc) is 3.02. The van der Waals surface area contributed by atoms with E-state index in [-0.39, 0.29) is 18.1 Å². The number of halogens is 3. The highest BCUT2D eigenvalue weighted by atomic mass is 32.2. The molecule has 32 heavy (non-hydrogen) atoms. The van der Waals surface area contributed by atoms with Crippen molar-refractivity contribution in [1.29, 1.82) is 4.78 Å². The number of cyclic esters (lactones) is 1. The summed E-state index contributed by atoms with van der Waals surface area (Å²) in [6.07, 6.45) is 2.16. The third-order valence-corrected chi connectivity index (χ3v) is 8.56. The molecular weight excluding hydrogens is 449 g/mol.